The highest BCUT2D eigenvalue weighted by Crippen LogP contribution is 2.17. The van der Waals surface area contributed by atoms with E-state index in [-0.39, 0.29) is 12.5 Å². The van der Waals surface area contributed by atoms with Crippen LogP contribution in [0.4, 0.5) is 0 Å². The summed E-state index contributed by atoms with van der Waals surface area (Å²) in [6.07, 6.45) is 1.03. The van der Waals surface area contributed by atoms with Crippen LogP contribution < -0.4 is 10.1 Å². The summed E-state index contributed by atoms with van der Waals surface area (Å²) >= 11 is 3.36. The molecule has 106 valence electrons. The van der Waals surface area contributed by atoms with E-state index in [2.05, 4.69) is 21.2 Å². The number of hydrogen-bond donors (Lipinski definition) is 2. The van der Waals surface area contributed by atoms with Crippen LogP contribution in [0.5, 0.6) is 5.75 Å². The van der Waals surface area contributed by atoms with Gasteiger partial charge in [-0.25, -0.2) is 0 Å². The van der Waals surface area contributed by atoms with Crippen molar-refractivity contribution in [3.63, 3.8) is 0 Å². The fourth-order valence-electron chi connectivity index (χ4n) is 1.52. The molecule has 1 atom stereocenters. The molecule has 1 aromatic carbocycles. The summed E-state index contributed by atoms with van der Waals surface area (Å²) in [5.41, 5.74) is 0. The van der Waals surface area contributed by atoms with Crippen molar-refractivity contribution in [2.45, 2.75) is 19.8 Å². The minimum atomic E-state index is -0.0280. The van der Waals surface area contributed by atoms with Gasteiger partial charge in [0.2, 0.25) is 5.91 Å². The summed E-state index contributed by atoms with van der Waals surface area (Å²) < 4.78 is 6.43. The predicted molar refractivity (Wildman–Crippen MR) is 78.1 cm³/mol. The number of aliphatic hydroxyl groups is 1. The molecule has 0 aliphatic carbocycles. The van der Waals surface area contributed by atoms with Crippen LogP contribution in [0.15, 0.2) is 28.7 Å². The maximum Gasteiger partial charge on any atom is 0.223 e. The van der Waals surface area contributed by atoms with Gasteiger partial charge in [-0.3, -0.25) is 4.79 Å². The lowest BCUT2D eigenvalue weighted by Gasteiger charge is -2.11. The van der Waals surface area contributed by atoms with E-state index in [1.165, 1.54) is 0 Å². The molecule has 1 amide bonds. The lowest BCUT2D eigenvalue weighted by molar-refractivity contribution is -0.121. The van der Waals surface area contributed by atoms with Gasteiger partial charge in [-0.2, -0.15) is 0 Å². The van der Waals surface area contributed by atoms with E-state index in [4.69, 9.17) is 9.84 Å². The van der Waals surface area contributed by atoms with Crippen molar-refractivity contribution < 1.29 is 14.6 Å². The van der Waals surface area contributed by atoms with Gasteiger partial charge in [0, 0.05) is 17.6 Å². The van der Waals surface area contributed by atoms with Crippen LogP contribution in [0.1, 0.15) is 19.8 Å². The third-order valence-corrected chi connectivity index (χ3v) is 3.16. The molecule has 5 heteroatoms. The van der Waals surface area contributed by atoms with Gasteiger partial charge in [0.15, 0.2) is 0 Å². The third kappa shape index (κ3) is 7.18. The quantitative estimate of drug-likeness (QED) is 0.769. The Morgan fingerprint density at radius 2 is 2.32 bits per heavy atom. The van der Waals surface area contributed by atoms with Crippen LogP contribution >= 0.6 is 15.9 Å². The second kappa shape index (κ2) is 8.93. The first-order chi connectivity index (χ1) is 9.11. The number of nitrogens with one attached hydrogen (secondary N) is 1. The molecule has 0 radical (unpaired) electrons. The van der Waals surface area contributed by atoms with E-state index in [0.29, 0.717) is 31.9 Å². The second-order valence-corrected chi connectivity index (χ2v) is 5.39. The summed E-state index contributed by atoms with van der Waals surface area (Å²) in [5, 5.41) is 11.6. The number of benzene rings is 1. The SMILES string of the molecule is CC(CCO)CNC(=O)CCOc1cccc(Br)c1. The van der Waals surface area contributed by atoms with E-state index < -0.39 is 0 Å². The molecule has 1 rings (SSSR count). The van der Waals surface area contributed by atoms with Crippen LogP contribution in [-0.2, 0) is 4.79 Å². The van der Waals surface area contributed by atoms with Gasteiger partial charge >= 0.3 is 0 Å². The van der Waals surface area contributed by atoms with E-state index in [0.717, 1.165) is 10.2 Å². The molecule has 1 aromatic rings. The van der Waals surface area contributed by atoms with Gasteiger partial charge in [0.05, 0.1) is 13.0 Å². The molecule has 0 heterocycles. The highest BCUT2D eigenvalue weighted by atomic mass is 79.9. The number of rotatable bonds is 8. The van der Waals surface area contributed by atoms with Crippen molar-refractivity contribution >= 4 is 21.8 Å². The molecule has 4 nitrogen and oxygen atoms in total. The number of amides is 1. The molecule has 0 aromatic heterocycles. The van der Waals surface area contributed by atoms with Gasteiger partial charge in [-0.15, -0.1) is 0 Å². The third-order valence-electron chi connectivity index (χ3n) is 2.66. The number of ether oxygens (including phenoxy) is 1. The average molecular weight is 330 g/mol. The minimum Gasteiger partial charge on any atom is -0.493 e. The van der Waals surface area contributed by atoms with E-state index >= 15 is 0 Å². The summed E-state index contributed by atoms with van der Waals surface area (Å²) in [6, 6.07) is 7.52. The zero-order chi connectivity index (χ0) is 14.1. The van der Waals surface area contributed by atoms with Crippen molar-refractivity contribution in [1.29, 1.82) is 0 Å². The highest BCUT2D eigenvalue weighted by molar-refractivity contribution is 9.10. The van der Waals surface area contributed by atoms with Gasteiger partial charge < -0.3 is 15.2 Å². The molecule has 0 aliphatic rings. The summed E-state index contributed by atoms with van der Waals surface area (Å²) in [6.45, 7) is 3.10. The second-order valence-electron chi connectivity index (χ2n) is 4.48. The Labute approximate surface area is 122 Å². The van der Waals surface area contributed by atoms with Crippen LogP contribution in [-0.4, -0.2) is 30.8 Å². The Hall–Kier alpha value is -1.07. The smallest absolute Gasteiger partial charge is 0.223 e. The molecule has 0 bridgehead atoms. The summed E-state index contributed by atoms with van der Waals surface area (Å²) in [4.78, 5) is 11.5. The molecule has 0 fully saturated rings. The Kier molecular flexibility index (Phi) is 7.52. The zero-order valence-electron chi connectivity index (χ0n) is 11.1. The molecule has 0 saturated carbocycles. The molecular formula is C14H20BrNO3. The molecule has 2 N–H and O–H groups in total. The van der Waals surface area contributed by atoms with Crippen molar-refractivity contribution in [2.24, 2.45) is 5.92 Å². The van der Waals surface area contributed by atoms with Crippen molar-refractivity contribution in [1.82, 2.24) is 5.32 Å². The van der Waals surface area contributed by atoms with E-state index in [1.807, 2.05) is 31.2 Å². The number of hydrogen-bond acceptors (Lipinski definition) is 3. The molecule has 0 saturated heterocycles. The maximum atomic E-state index is 11.5. The maximum absolute atomic E-state index is 11.5. The molecule has 0 spiro atoms. The first-order valence-corrected chi connectivity index (χ1v) is 7.17. The lowest BCUT2D eigenvalue weighted by atomic mass is 10.1. The zero-order valence-corrected chi connectivity index (χ0v) is 12.6. The van der Waals surface area contributed by atoms with Crippen molar-refractivity contribution in [3.8, 4) is 5.75 Å². The van der Waals surface area contributed by atoms with Gasteiger partial charge in [0.1, 0.15) is 5.75 Å². The predicted octanol–water partition coefficient (Wildman–Crippen LogP) is 2.35. The van der Waals surface area contributed by atoms with Crippen LogP contribution in [0.25, 0.3) is 0 Å². The van der Waals surface area contributed by atoms with Crippen LogP contribution in [0.3, 0.4) is 0 Å². The Morgan fingerprint density at radius 3 is 3.00 bits per heavy atom. The Bertz CT molecular complexity index is 398. The Morgan fingerprint density at radius 1 is 1.53 bits per heavy atom. The monoisotopic (exact) mass is 329 g/mol. The topological polar surface area (TPSA) is 58.6 Å². The van der Waals surface area contributed by atoms with Crippen molar-refractivity contribution in [3.05, 3.63) is 28.7 Å². The van der Waals surface area contributed by atoms with Crippen molar-refractivity contribution in [2.75, 3.05) is 19.8 Å². The minimum absolute atomic E-state index is 0.0280. The van der Waals surface area contributed by atoms with Gasteiger partial charge in [0.25, 0.3) is 0 Å². The lowest BCUT2D eigenvalue weighted by Crippen LogP contribution is -2.29. The highest BCUT2D eigenvalue weighted by Gasteiger charge is 2.05. The summed E-state index contributed by atoms with van der Waals surface area (Å²) in [5.74, 6) is 1.01. The van der Waals surface area contributed by atoms with Gasteiger partial charge in [-0.1, -0.05) is 28.9 Å². The van der Waals surface area contributed by atoms with Gasteiger partial charge in [-0.05, 0) is 30.5 Å². The first-order valence-electron chi connectivity index (χ1n) is 6.37. The average Bonchev–Trinajstić information content (AvgIpc) is 2.37. The number of carbonyl (C=O) groups is 1. The fraction of sp³-hybridized carbons (Fsp3) is 0.500. The number of carbonyl (C=O) groups excluding carboxylic acids is 1. The number of halogens is 1. The number of aliphatic hydroxyl groups excluding tert-OH is 1. The van der Waals surface area contributed by atoms with E-state index in [9.17, 15) is 4.79 Å². The molecule has 0 aliphatic heterocycles. The standard InChI is InChI=1S/C14H20BrNO3/c1-11(5-7-17)10-16-14(18)6-8-19-13-4-2-3-12(15)9-13/h2-4,9,11,17H,5-8,10H2,1H3,(H,16,18). The first kappa shape index (κ1) is 16.0. The van der Waals surface area contributed by atoms with Crippen LogP contribution in [0.2, 0.25) is 0 Å². The fourth-order valence-corrected chi connectivity index (χ4v) is 1.90. The summed E-state index contributed by atoms with van der Waals surface area (Å²) in [7, 11) is 0. The molecule has 19 heavy (non-hydrogen) atoms. The Balaban J connectivity index is 2.17. The van der Waals surface area contributed by atoms with E-state index in [1.54, 1.807) is 0 Å². The van der Waals surface area contributed by atoms with Crippen LogP contribution in [0, 0.1) is 5.92 Å². The molecule has 1 unspecified atom stereocenters. The largest absolute Gasteiger partial charge is 0.493 e. The molecular weight excluding hydrogens is 310 g/mol. The normalized spacial score (nSPS) is 11.9.